The molecule has 1 unspecified atom stereocenters. The van der Waals surface area contributed by atoms with Gasteiger partial charge < -0.3 is 14.8 Å². The number of hydrogen-bond acceptors (Lipinski definition) is 2. The summed E-state index contributed by atoms with van der Waals surface area (Å²) in [4.78, 5) is 20.8. The van der Waals surface area contributed by atoms with Crippen LogP contribution in [-0.2, 0) is 6.42 Å². The number of anilines is 1. The van der Waals surface area contributed by atoms with Gasteiger partial charge in [-0.3, -0.25) is 4.79 Å². The Morgan fingerprint density at radius 3 is 2.88 bits per heavy atom. The average molecular weight is 317 g/mol. The van der Waals surface area contributed by atoms with E-state index in [0.717, 1.165) is 35.4 Å². The van der Waals surface area contributed by atoms with E-state index in [1.165, 1.54) is 16.5 Å². The normalized spacial score (nSPS) is 19.2. The number of aryl methyl sites for hydroxylation is 1. The molecule has 2 aliphatic heterocycles. The van der Waals surface area contributed by atoms with Crippen LogP contribution in [0.1, 0.15) is 33.3 Å². The third-order valence-corrected chi connectivity index (χ3v) is 5.39. The zero-order valence-electron chi connectivity index (χ0n) is 13.8. The number of hydrogen-bond donors (Lipinski definition) is 1. The summed E-state index contributed by atoms with van der Waals surface area (Å²) in [7, 11) is 2.08. The minimum absolute atomic E-state index is 0.0520. The second kappa shape index (κ2) is 4.63. The molecule has 1 aromatic heterocycles. The number of fused-ring (bicyclic) bond motifs is 6. The van der Waals surface area contributed by atoms with Crippen LogP contribution in [-0.4, -0.2) is 29.4 Å². The SMILES string of the molecule is Cc1ccc2[nH]c3c(c2c1)CCN1C(=O)c2ccccc2N(C)C31. The van der Waals surface area contributed by atoms with Crippen molar-refractivity contribution in [3.8, 4) is 0 Å². The number of amides is 1. The highest BCUT2D eigenvalue weighted by molar-refractivity contribution is 6.02. The van der Waals surface area contributed by atoms with Gasteiger partial charge in [0, 0.05) is 24.5 Å². The first-order valence-electron chi connectivity index (χ1n) is 8.39. The molecule has 24 heavy (non-hydrogen) atoms. The summed E-state index contributed by atoms with van der Waals surface area (Å²) in [5.41, 5.74) is 6.75. The number of carbonyl (C=O) groups excluding carboxylic acids is 1. The van der Waals surface area contributed by atoms with Gasteiger partial charge in [-0.15, -0.1) is 0 Å². The lowest BCUT2D eigenvalue weighted by Crippen LogP contribution is -2.51. The molecule has 0 bridgehead atoms. The molecule has 0 fully saturated rings. The highest BCUT2D eigenvalue weighted by Gasteiger charge is 2.41. The van der Waals surface area contributed by atoms with Crippen molar-refractivity contribution in [3.63, 3.8) is 0 Å². The van der Waals surface area contributed by atoms with Crippen LogP contribution in [0.3, 0.4) is 0 Å². The maximum atomic E-state index is 13.0. The van der Waals surface area contributed by atoms with Crippen molar-refractivity contribution in [2.45, 2.75) is 19.5 Å². The van der Waals surface area contributed by atoms with Gasteiger partial charge in [-0.05, 0) is 43.2 Å². The lowest BCUT2D eigenvalue weighted by atomic mass is 9.96. The molecule has 3 heterocycles. The maximum absolute atomic E-state index is 13.0. The predicted octanol–water partition coefficient (Wildman–Crippen LogP) is 3.62. The Hall–Kier alpha value is -2.75. The molecule has 0 radical (unpaired) electrons. The Morgan fingerprint density at radius 1 is 1.17 bits per heavy atom. The lowest BCUT2D eigenvalue weighted by Gasteiger charge is -2.46. The highest BCUT2D eigenvalue weighted by atomic mass is 16.2. The van der Waals surface area contributed by atoms with E-state index in [-0.39, 0.29) is 12.1 Å². The Morgan fingerprint density at radius 2 is 2.00 bits per heavy atom. The predicted molar refractivity (Wildman–Crippen MR) is 95.4 cm³/mol. The topological polar surface area (TPSA) is 39.3 Å². The van der Waals surface area contributed by atoms with E-state index >= 15 is 0 Å². The molecule has 1 atom stereocenters. The van der Waals surface area contributed by atoms with Gasteiger partial charge in [-0.2, -0.15) is 0 Å². The molecule has 2 aromatic carbocycles. The van der Waals surface area contributed by atoms with Crippen LogP contribution in [0, 0.1) is 6.92 Å². The fourth-order valence-corrected chi connectivity index (χ4v) is 4.25. The standard InChI is InChI=1S/C20H19N3O/c1-12-7-8-16-15(11-12)13-9-10-23-19(18(13)21-16)22(2)17-6-4-3-5-14(17)20(23)24/h3-8,11,19,21H,9-10H2,1-2H3. The van der Waals surface area contributed by atoms with Crippen molar-refractivity contribution >= 4 is 22.5 Å². The van der Waals surface area contributed by atoms with Crippen LogP contribution in [0.4, 0.5) is 5.69 Å². The van der Waals surface area contributed by atoms with Crippen molar-refractivity contribution < 1.29 is 4.79 Å². The second-order valence-corrected chi connectivity index (χ2v) is 6.82. The molecule has 4 heteroatoms. The van der Waals surface area contributed by atoms with Crippen molar-refractivity contribution in [1.82, 2.24) is 9.88 Å². The zero-order valence-corrected chi connectivity index (χ0v) is 13.8. The van der Waals surface area contributed by atoms with E-state index in [1.807, 2.05) is 29.2 Å². The fourth-order valence-electron chi connectivity index (χ4n) is 4.25. The van der Waals surface area contributed by atoms with Gasteiger partial charge in [0.05, 0.1) is 16.9 Å². The van der Waals surface area contributed by atoms with E-state index in [1.54, 1.807) is 0 Å². The third kappa shape index (κ3) is 1.65. The van der Waals surface area contributed by atoms with Crippen LogP contribution in [0.5, 0.6) is 0 Å². The first-order valence-corrected chi connectivity index (χ1v) is 8.39. The number of carbonyl (C=O) groups is 1. The number of H-pyrrole nitrogens is 1. The molecule has 5 rings (SSSR count). The number of aromatic amines is 1. The molecule has 3 aromatic rings. The monoisotopic (exact) mass is 317 g/mol. The first kappa shape index (κ1) is 13.7. The minimum Gasteiger partial charge on any atom is -0.355 e. The molecule has 1 amide bonds. The molecular formula is C20H19N3O. The summed E-state index contributed by atoms with van der Waals surface area (Å²) in [6.45, 7) is 2.89. The van der Waals surface area contributed by atoms with E-state index in [2.05, 4.69) is 42.1 Å². The van der Waals surface area contributed by atoms with Crippen molar-refractivity contribution in [1.29, 1.82) is 0 Å². The van der Waals surface area contributed by atoms with E-state index in [9.17, 15) is 4.79 Å². The number of aromatic nitrogens is 1. The Balaban J connectivity index is 1.74. The maximum Gasteiger partial charge on any atom is 0.257 e. The molecule has 0 saturated heterocycles. The fraction of sp³-hybridized carbons (Fsp3) is 0.250. The molecule has 120 valence electrons. The summed E-state index contributed by atoms with van der Waals surface area (Å²) in [6, 6.07) is 14.4. The van der Waals surface area contributed by atoms with E-state index < -0.39 is 0 Å². The Kier molecular flexibility index (Phi) is 2.64. The highest BCUT2D eigenvalue weighted by Crippen LogP contribution is 2.42. The summed E-state index contributed by atoms with van der Waals surface area (Å²) in [5, 5.41) is 1.30. The summed E-state index contributed by atoms with van der Waals surface area (Å²) < 4.78 is 0. The second-order valence-electron chi connectivity index (χ2n) is 6.82. The zero-order chi connectivity index (χ0) is 16.4. The van der Waals surface area contributed by atoms with Crippen LogP contribution in [0.25, 0.3) is 10.9 Å². The molecule has 0 saturated carbocycles. The van der Waals surface area contributed by atoms with Gasteiger partial charge in [0.15, 0.2) is 0 Å². The van der Waals surface area contributed by atoms with Crippen molar-refractivity contribution in [2.24, 2.45) is 0 Å². The van der Waals surface area contributed by atoms with Gasteiger partial charge >= 0.3 is 0 Å². The number of rotatable bonds is 0. The van der Waals surface area contributed by atoms with Gasteiger partial charge in [0.25, 0.3) is 5.91 Å². The number of benzene rings is 2. The summed E-state index contributed by atoms with van der Waals surface area (Å²) in [6.07, 6.45) is 0.848. The molecule has 1 N–H and O–H groups in total. The summed E-state index contributed by atoms with van der Waals surface area (Å²) in [5.74, 6) is 0.134. The molecular weight excluding hydrogens is 298 g/mol. The number of nitrogens with one attached hydrogen (secondary N) is 1. The summed E-state index contributed by atoms with van der Waals surface area (Å²) >= 11 is 0. The largest absolute Gasteiger partial charge is 0.355 e. The molecule has 0 aliphatic carbocycles. The minimum atomic E-state index is -0.0520. The number of para-hydroxylation sites is 1. The average Bonchev–Trinajstić information content (AvgIpc) is 2.97. The van der Waals surface area contributed by atoms with Crippen LogP contribution in [0.15, 0.2) is 42.5 Å². The Labute approximate surface area is 140 Å². The lowest BCUT2D eigenvalue weighted by molar-refractivity contribution is 0.0634. The van der Waals surface area contributed by atoms with Gasteiger partial charge in [0.1, 0.15) is 6.17 Å². The van der Waals surface area contributed by atoms with Gasteiger partial charge in [-0.25, -0.2) is 0 Å². The number of nitrogens with zero attached hydrogens (tertiary/aromatic N) is 2. The van der Waals surface area contributed by atoms with Crippen molar-refractivity contribution in [3.05, 3.63) is 64.8 Å². The van der Waals surface area contributed by atoms with Crippen LogP contribution >= 0.6 is 0 Å². The quantitative estimate of drug-likeness (QED) is 0.688. The first-order chi connectivity index (χ1) is 11.6. The molecule has 0 spiro atoms. The van der Waals surface area contributed by atoms with Gasteiger partial charge in [-0.1, -0.05) is 23.8 Å². The van der Waals surface area contributed by atoms with Crippen molar-refractivity contribution in [2.75, 3.05) is 18.5 Å². The van der Waals surface area contributed by atoms with E-state index in [0.29, 0.717) is 0 Å². The Bertz CT molecular complexity index is 988. The van der Waals surface area contributed by atoms with E-state index in [4.69, 9.17) is 0 Å². The van der Waals surface area contributed by atoms with Gasteiger partial charge in [0.2, 0.25) is 0 Å². The molecule has 4 nitrogen and oxygen atoms in total. The smallest absolute Gasteiger partial charge is 0.257 e. The third-order valence-electron chi connectivity index (χ3n) is 5.39. The van der Waals surface area contributed by atoms with Crippen LogP contribution < -0.4 is 4.90 Å². The molecule has 2 aliphatic rings. The van der Waals surface area contributed by atoms with Crippen LogP contribution in [0.2, 0.25) is 0 Å².